The minimum atomic E-state index is -4.34. The summed E-state index contributed by atoms with van der Waals surface area (Å²) in [5.41, 5.74) is 5.34. The van der Waals surface area contributed by atoms with Gasteiger partial charge in [-0.3, -0.25) is 13.8 Å². The van der Waals surface area contributed by atoms with Crippen LogP contribution in [-0.2, 0) is 18.4 Å². The van der Waals surface area contributed by atoms with Gasteiger partial charge >= 0.3 is 7.82 Å². The molecule has 0 rings (SSSR count). The zero-order chi connectivity index (χ0) is 33.3. The van der Waals surface area contributed by atoms with Crippen LogP contribution in [0.15, 0.2) is 60.8 Å². The van der Waals surface area contributed by atoms with Crippen LogP contribution in [0.1, 0.15) is 129 Å². The fraction of sp³-hybridized carbons (Fsp3) is 0.694. The van der Waals surface area contributed by atoms with E-state index in [2.05, 4.69) is 67.8 Å². The van der Waals surface area contributed by atoms with E-state index in [1.54, 1.807) is 6.08 Å². The van der Waals surface area contributed by atoms with Crippen molar-refractivity contribution in [3.05, 3.63) is 60.8 Å². The largest absolute Gasteiger partial charge is 0.472 e. The second kappa shape index (κ2) is 32.2. The van der Waals surface area contributed by atoms with Gasteiger partial charge in [0.05, 0.1) is 25.4 Å². The molecule has 3 atom stereocenters. The quantitative estimate of drug-likeness (QED) is 0.0334. The van der Waals surface area contributed by atoms with Crippen molar-refractivity contribution in [2.45, 2.75) is 142 Å². The Hall–Kier alpha value is -1.80. The molecule has 0 heterocycles. The lowest BCUT2D eigenvalue weighted by atomic mass is 10.1. The molecule has 3 unspecified atom stereocenters. The first-order valence-electron chi connectivity index (χ1n) is 17.4. The topological polar surface area (TPSA) is 131 Å². The first-order valence-corrected chi connectivity index (χ1v) is 18.9. The second-order valence-corrected chi connectivity index (χ2v) is 12.8. The molecule has 8 nitrogen and oxygen atoms in total. The molecule has 0 spiro atoms. The van der Waals surface area contributed by atoms with Gasteiger partial charge in [0.1, 0.15) is 0 Å². The molecule has 0 saturated carbocycles. The summed E-state index contributed by atoms with van der Waals surface area (Å²) in [6.45, 7) is 3.92. The average Bonchev–Trinajstić information content (AvgIpc) is 3.02. The van der Waals surface area contributed by atoms with Crippen LogP contribution in [-0.4, -0.2) is 47.8 Å². The van der Waals surface area contributed by atoms with Gasteiger partial charge in [-0.25, -0.2) is 4.57 Å². The zero-order valence-corrected chi connectivity index (χ0v) is 29.2. The molecule has 1 amide bonds. The molecule has 0 aromatic heterocycles. The maximum Gasteiger partial charge on any atom is 0.472 e. The molecule has 5 N–H and O–H groups in total. The Morgan fingerprint density at radius 3 is 1.98 bits per heavy atom. The van der Waals surface area contributed by atoms with Crippen LogP contribution in [0.5, 0.6) is 0 Å². The number of aliphatic hydroxyl groups is 1. The van der Waals surface area contributed by atoms with Gasteiger partial charge in [-0.15, -0.1) is 0 Å². The van der Waals surface area contributed by atoms with Crippen molar-refractivity contribution < 1.29 is 28.4 Å². The standard InChI is InChI=1S/C36H65N2O6P/c1-3-5-7-9-11-13-15-16-17-18-20-22-24-26-28-30-36(40)38-34(33-44-45(41,42)43-32-31-37)35(39)29-27-25-23-21-19-14-12-10-8-6-4-2/h5,7,11,13,16-17,19,21,27,29,34-35,39H,3-4,6,8-10,12,14-15,18,20,22-26,28,30-33,37H2,1-2H3,(H,38,40)(H,41,42)/b7-5-,13-11-,17-16-,21-19+,29-27+. The number of hydrogen-bond donors (Lipinski definition) is 4. The van der Waals surface area contributed by atoms with Gasteiger partial charge < -0.3 is 21.1 Å². The maximum atomic E-state index is 12.6. The summed E-state index contributed by atoms with van der Waals surface area (Å²) >= 11 is 0. The lowest BCUT2D eigenvalue weighted by Gasteiger charge is -2.23. The highest BCUT2D eigenvalue weighted by molar-refractivity contribution is 7.47. The third kappa shape index (κ3) is 30.6. The van der Waals surface area contributed by atoms with E-state index in [4.69, 9.17) is 14.8 Å². The highest BCUT2D eigenvalue weighted by atomic mass is 31.2. The van der Waals surface area contributed by atoms with Crippen molar-refractivity contribution in [1.29, 1.82) is 0 Å². The minimum absolute atomic E-state index is 0.0679. The minimum Gasteiger partial charge on any atom is -0.387 e. The number of carbonyl (C=O) groups is 1. The van der Waals surface area contributed by atoms with Crippen molar-refractivity contribution in [2.24, 2.45) is 5.73 Å². The van der Waals surface area contributed by atoms with Gasteiger partial charge in [0, 0.05) is 13.0 Å². The predicted molar refractivity (Wildman–Crippen MR) is 189 cm³/mol. The zero-order valence-electron chi connectivity index (χ0n) is 28.3. The number of phosphoric ester groups is 1. The lowest BCUT2D eigenvalue weighted by molar-refractivity contribution is -0.123. The third-order valence-electron chi connectivity index (χ3n) is 7.08. The van der Waals surface area contributed by atoms with Crippen molar-refractivity contribution in [3.63, 3.8) is 0 Å². The second-order valence-electron chi connectivity index (χ2n) is 11.3. The van der Waals surface area contributed by atoms with E-state index in [1.807, 2.05) is 6.08 Å². The van der Waals surface area contributed by atoms with E-state index in [1.165, 1.54) is 32.1 Å². The number of nitrogens with one attached hydrogen (secondary N) is 1. The Morgan fingerprint density at radius 1 is 0.756 bits per heavy atom. The normalized spacial score (nSPS) is 15.2. The monoisotopic (exact) mass is 652 g/mol. The highest BCUT2D eigenvalue weighted by Crippen LogP contribution is 2.43. The van der Waals surface area contributed by atoms with Crippen LogP contribution in [0.25, 0.3) is 0 Å². The van der Waals surface area contributed by atoms with Crippen LogP contribution < -0.4 is 11.1 Å². The summed E-state index contributed by atoms with van der Waals surface area (Å²) < 4.78 is 21.9. The summed E-state index contributed by atoms with van der Waals surface area (Å²) in [7, 11) is -4.34. The van der Waals surface area contributed by atoms with Gasteiger partial charge in [-0.2, -0.15) is 0 Å². The number of unbranched alkanes of at least 4 members (excludes halogenated alkanes) is 11. The Bertz CT molecular complexity index is 887. The Labute approximate surface area is 274 Å². The molecular weight excluding hydrogens is 587 g/mol. The van der Waals surface area contributed by atoms with E-state index in [-0.39, 0.29) is 25.7 Å². The maximum absolute atomic E-state index is 12.6. The molecule has 0 aliphatic heterocycles. The molecule has 0 radical (unpaired) electrons. The molecule has 0 aromatic rings. The molecule has 0 aromatic carbocycles. The van der Waals surface area contributed by atoms with E-state index in [0.717, 1.165) is 77.0 Å². The van der Waals surface area contributed by atoms with Crippen molar-refractivity contribution >= 4 is 13.7 Å². The van der Waals surface area contributed by atoms with Gasteiger partial charge in [0.2, 0.25) is 5.91 Å². The molecule has 0 aliphatic carbocycles. The number of hydrogen-bond acceptors (Lipinski definition) is 6. The van der Waals surface area contributed by atoms with Crippen LogP contribution in [0.4, 0.5) is 0 Å². The average molecular weight is 653 g/mol. The van der Waals surface area contributed by atoms with Gasteiger partial charge in [-0.05, 0) is 64.2 Å². The number of amides is 1. The predicted octanol–water partition coefficient (Wildman–Crippen LogP) is 8.77. The van der Waals surface area contributed by atoms with E-state index < -0.39 is 20.0 Å². The summed E-state index contributed by atoms with van der Waals surface area (Å²) in [4.78, 5) is 22.5. The van der Waals surface area contributed by atoms with Crippen LogP contribution in [0.2, 0.25) is 0 Å². The molecule has 0 aliphatic rings. The molecule has 0 bridgehead atoms. The molecule has 0 saturated heterocycles. The lowest BCUT2D eigenvalue weighted by Crippen LogP contribution is -2.45. The van der Waals surface area contributed by atoms with E-state index in [9.17, 15) is 19.4 Å². The first-order chi connectivity index (χ1) is 21.9. The SMILES string of the molecule is CC/C=C\C/C=C\C/C=C\CCCCCCCC(=O)NC(COP(=O)(O)OCCN)C(O)/C=C/CC/C=C/CCCCCCC. The van der Waals surface area contributed by atoms with Crippen molar-refractivity contribution in [1.82, 2.24) is 5.32 Å². The Morgan fingerprint density at radius 2 is 1.31 bits per heavy atom. The Balaban J connectivity index is 4.45. The molecule has 260 valence electrons. The number of aliphatic hydroxyl groups excluding tert-OH is 1. The number of rotatable bonds is 31. The first kappa shape index (κ1) is 43.2. The third-order valence-corrected chi connectivity index (χ3v) is 8.06. The number of allylic oxidation sites excluding steroid dienone is 9. The van der Waals surface area contributed by atoms with Crippen molar-refractivity contribution in [3.8, 4) is 0 Å². The van der Waals surface area contributed by atoms with E-state index in [0.29, 0.717) is 6.42 Å². The van der Waals surface area contributed by atoms with Crippen LogP contribution in [0, 0.1) is 0 Å². The fourth-order valence-corrected chi connectivity index (χ4v) is 5.21. The van der Waals surface area contributed by atoms with Crippen LogP contribution in [0.3, 0.4) is 0 Å². The van der Waals surface area contributed by atoms with Crippen LogP contribution >= 0.6 is 7.82 Å². The molecule has 45 heavy (non-hydrogen) atoms. The Kier molecular flexibility index (Phi) is 30.9. The smallest absolute Gasteiger partial charge is 0.387 e. The summed E-state index contributed by atoms with van der Waals surface area (Å²) in [5.74, 6) is -0.227. The summed E-state index contributed by atoms with van der Waals surface area (Å²) in [5, 5.41) is 13.5. The van der Waals surface area contributed by atoms with E-state index >= 15 is 0 Å². The fourth-order valence-electron chi connectivity index (χ4n) is 4.45. The van der Waals surface area contributed by atoms with Gasteiger partial charge in [0.25, 0.3) is 0 Å². The van der Waals surface area contributed by atoms with Gasteiger partial charge in [-0.1, -0.05) is 120 Å². The number of phosphoric acid groups is 1. The molecular formula is C36H65N2O6P. The molecule has 9 heteroatoms. The number of nitrogens with two attached hydrogens (primary N) is 1. The number of carbonyl (C=O) groups excluding carboxylic acids is 1. The van der Waals surface area contributed by atoms with Gasteiger partial charge in [0.15, 0.2) is 0 Å². The summed E-state index contributed by atoms with van der Waals surface area (Å²) in [6.07, 6.45) is 38.4. The van der Waals surface area contributed by atoms with Crippen molar-refractivity contribution in [2.75, 3.05) is 19.8 Å². The molecule has 0 fully saturated rings. The highest BCUT2D eigenvalue weighted by Gasteiger charge is 2.26. The summed E-state index contributed by atoms with van der Waals surface area (Å²) in [6, 6.07) is -0.885.